The Morgan fingerprint density at radius 1 is 0.679 bits per heavy atom. The highest BCUT2D eigenvalue weighted by Gasteiger charge is 2.05. The standard InChI is InChI=1S/C24H19NO3/c26-24(17-27-23-13-10-18-6-4-5-7-19(18)16-23)25-20-11-14-22(15-12-20)28-21-8-2-1-3-9-21/h1-16H,17H2,(H,25,26). The number of benzene rings is 4. The van der Waals surface area contributed by atoms with Crippen LogP contribution in [0.5, 0.6) is 17.2 Å². The van der Waals surface area contributed by atoms with Gasteiger partial charge in [-0.15, -0.1) is 0 Å². The zero-order chi connectivity index (χ0) is 19.2. The largest absolute Gasteiger partial charge is 0.484 e. The maximum absolute atomic E-state index is 12.2. The molecule has 0 atom stereocenters. The number of fused-ring (bicyclic) bond motifs is 1. The van der Waals surface area contributed by atoms with Crippen molar-refractivity contribution < 1.29 is 14.3 Å². The second-order valence-electron chi connectivity index (χ2n) is 6.29. The summed E-state index contributed by atoms with van der Waals surface area (Å²) < 4.78 is 11.4. The number of hydrogen-bond donors (Lipinski definition) is 1. The van der Waals surface area contributed by atoms with Crippen molar-refractivity contribution in [3.8, 4) is 17.2 Å². The summed E-state index contributed by atoms with van der Waals surface area (Å²) in [5.74, 6) is 1.92. The molecule has 1 N–H and O–H groups in total. The summed E-state index contributed by atoms with van der Waals surface area (Å²) in [7, 11) is 0. The van der Waals surface area contributed by atoms with Crippen LogP contribution in [0.3, 0.4) is 0 Å². The molecule has 0 unspecified atom stereocenters. The molecule has 4 rings (SSSR count). The first-order chi connectivity index (χ1) is 13.8. The number of hydrogen-bond acceptors (Lipinski definition) is 3. The molecule has 4 aromatic rings. The van der Waals surface area contributed by atoms with E-state index in [-0.39, 0.29) is 12.5 Å². The average molecular weight is 369 g/mol. The van der Waals surface area contributed by atoms with E-state index in [0.717, 1.165) is 16.5 Å². The number of rotatable bonds is 6. The molecule has 4 nitrogen and oxygen atoms in total. The third-order valence-corrected chi connectivity index (χ3v) is 4.21. The van der Waals surface area contributed by atoms with Crippen molar-refractivity contribution in [2.24, 2.45) is 0 Å². The molecule has 28 heavy (non-hydrogen) atoms. The summed E-state index contributed by atoms with van der Waals surface area (Å²) in [6.07, 6.45) is 0. The molecule has 138 valence electrons. The zero-order valence-electron chi connectivity index (χ0n) is 15.2. The second-order valence-corrected chi connectivity index (χ2v) is 6.29. The lowest BCUT2D eigenvalue weighted by Crippen LogP contribution is -2.20. The number of anilines is 1. The summed E-state index contributed by atoms with van der Waals surface area (Å²) in [6.45, 7) is -0.0550. The third kappa shape index (κ3) is 4.48. The van der Waals surface area contributed by atoms with Crippen LogP contribution in [0.4, 0.5) is 5.69 Å². The summed E-state index contributed by atoms with van der Waals surface area (Å²) in [5.41, 5.74) is 0.688. The minimum atomic E-state index is -0.218. The molecule has 0 fully saturated rings. The van der Waals surface area contributed by atoms with E-state index in [1.54, 1.807) is 12.1 Å². The van der Waals surface area contributed by atoms with Gasteiger partial charge in [-0.3, -0.25) is 4.79 Å². The number of para-hydroxylation sites is 1. The normalized spacial score (nSPS) is 10.4. The zero-order valence-corrected chi connectivity index (χ0v) is 15.2. The molecule has 0 radical (unpaired) electrons. The van der Waals surface area contributed by atoms with Crippen LogP contribution in [0.1, 0.15) is 0 Å². The number of carbonyl (C=O) groups is 1. The second kappa shape index (κ2) is 8.27. The lowest BCUT2D eigenvalue weighted by molar-refractivity contribution is -0.118. The molecule has 0 aliphatic carbocycles. The van der Waals surface area contributed by atoms with Crippen LogP contribution in [-0.4, -0.2) is 12.5 Å². The van der Waals surface area contributed by atoms with E-state index in [9.17, 15) is 4.79 Å². The average Bonchev–Trinajstić information content (AvgIpc) is 2.74. The fourth-order valence-corrected chi connectivity index (χ4v) is 2.83. The van der Waals surface area contributed by atoms with E-state index >= 15 is 0 Å². The molecule has 0 spiro atoms. The van der Waals surface area contributed by atoms with Gasteiger partial charge in [0.25, 0.3) is 5.91 Å². The number of ether oxygens (including phenoxy) is 2. The molecule has 0 heterocycles. The first kappa shape index (κ1) is 17.6. The molecule has 0 bridgehead atoms. The van der Waals surface area contributed by atoms with Crippen LogP contribution in [0.25, 0.3) is 10.8 Å². The smallest absolute Gasteiger partial charge is 0.262 e. The molecule has 0 saturated heterocycles. The monoisotopic (exact) mass is 369 g/mol. The topological polar surface area (TPSA) is 47.6 Å². The van der Waals surface area contributed by atoms with Crippen molar-refractivity contribution in [2.45, 2.75) is 0 Å². The Balaban J connectivity index is 1.31. The Morgan fingerprint density at radius 2 is 1.32 bits per heavy atom. The maximum Gasteiger partial charge on any atom is 0.262 e. The summed E-state index contributed by atoms with van der Waals surface area (Å²) in [4.78, 5) is 12.2. The molecular formula is C24H19NO3. The van der Waals surface area contributed by atoms with Crippen molar-refractivity contribution in [3.63, 3.8) is 0 Å². The van der Waals surface area contributed by atoms with E-state index < -0.39 is 0 Å². The van der Waals surface area contributed by atoms with E-state index in [1.807, 2.05) is 84.9 Å². The van der Waals surface area contributed by atoms with Gasteiger partial charge in [-0.25, -0.2) is 0 Å². The van der Waals surface area contributed by atoms with Gasteiger partial charge in [0.1, 0.15) is 17.2 Å². The summed E-state index contributed by atoms with van der Waals surface area (Å²) in [5, 5.41) is 5.04. The minimum absolute atomic E-state index is 0.0550. The van der Waals surface area contributed by atoms with Gasteiger partial charge in [-0.1, -0.05) is 48.5 Å². The van der Waals surface area contributed by atoms with Gasteiger partial charge < -0.3 is 14.8 Å². The maximum atomic E-state index is 12.2. The lowest BCUT2D eigenvalue weighted by atomic mass is 10.1. The Bertz CT molecular complexity index is 1080. The van der Waals surface area contributed by atoms with Crippen LogP contribution in [-0.2, 0) is 4.79 Å². The quantitative estimate of drug-likeness (QED) is 0.478. The van der Waals surface area contributed by atoms with Gasteiger partial charge in [-0.05, 0) is 59.3 Å². The number of carbonyl (C=O) groups excluding carboxylic acids is 1. The fourth-order valence-electron chi connectivity index (χ4n) is 2.83. The van der Waals surface area contributed by atoms with Crippen molar-refractivity contribution in [3.05, 3.63) is 97.1 Å². The Hall–Kier alpha value is -3.79. The van der Waals surface area contributed by atoms with Gasteiger partial charge in [-0.2, -0.15) is 0 Å². The van der Waals surface area contributed by atoms with Gasteiger partial charge in [0.15, 0.2) is 6.61 Å². The Morgan fingerprint density at radius 3 is 2.11 bits per heavy atom. The molecule has 4 aromatic carbocycles. The highest BCUT2D eigenvalue weighted by molar-refractivity contribution is 5.92. The Labute approximate surface area is 163 Å². The van der Waals surface area contributed by atoms with E-state index in [4.69, 9.17) is 9.47 Å². The summed E-state index contributed by atoms with van der Waals surface area (Å²) >= 11 is 0. The first-order valence-electron chi connectivity index (χ1n) is 9.01. The van der Waals surface area contributed by atoms with Crippen LogP contribution < -0.4 is 14.8 Å². The highest BCUT2D eigenvalue weighted by Crippen LogP contribution is 2.23. The predicted molar refractivity (Wildman–Crippen MR) is 111 cm³/mol. The van der Waals surface area contributed by atoms with Crippen molar-refractivity contribution in [1.29, 1.82) is 0 Å². The van der Waals surface area contributed by atoms with Crippen molar-refractivity contribution >= 4 is 22.4 Å². The van der Waals surface area contributed by atoms with Gasteiger partial charge in [0.2, 0.25) is 0 Å². The van der Waals surface area contributed by atoms with Crippen LogP contribution in [0.2, 0.25) is 0 Å². The highest BCUT2D eigenvalue weighted by atomic mass is 16.5. The van der Waals surface area contributed by atoms with E-state index in [2.05, 4.69) is 5.32 Å². The molecule has 1 amide bonds. The number of nitrogens with one attached hydrogen (secondary N) is 1. The minimum Gasteiger partial charge on any atom is -0.484 e. The molecule has 0 aliphatic rings. The molecule has 0 saturated carbocycles. The summed E-state index contributed by atoms with van der Waals surface area (Å²) in [6, 6.07) is 30.6. The Kier molecular flexibility index (Phi) is 5.20. The molecule has 0 aromatic heterocycles. The van der Waals surface area contributed by atoms with Gasteiger partial charge in [0, 0.05) is 5.69 Å². The van der Waals surface area contributed by atoms with Crippen molar-refractivity contribution in [2.75, 3.05) is 11.9 Å². The van der Waals surface area contributed by atoms with Gasteiger partial charge in [0.05, 0.1) is 0 Å². The molecular weight excluding hydrogens is 350 g/mol. The SMILES string of the molecule is O=C(COc1ccc2ccccc2c1)Nc1ccc(Oc2ccccc2)cc1. The van der Waals surface area contributed by atoms with E-state index in [1.165, 1.54) is 0 Å². The first-order valence-corrected chi connectivity index (χ1v) is 9.01. The van der Waals surface area contributed by atoms with Crippen LogP contribution in [0.15, 0.2) is 97.1 Å². The third-order valence-electron chi connectivity index (χ3n) is 4.21. The lowest BCUT2D eigenvalue weighted by Gasteiger charge is -2.09. The van der Waals surface area contributed by atoms with E-state index in [0.29, 0.717) is 17.2 Å². The van der Waals surface area contributed by atoms with Crippen LogP contribution >= 0.6 is 0 Å². The fraction of sp³-hybridized carbons (Fsp3) is 0.0417. The molecule has 4 heteroatoms. The van der Waals surface area contributed by atoms with Gasteiger partial charge >= 0.3 is 0 Å². The number of amides is 1. The van der Waals surface area contributed by atoms with Crippen LogP contribution in [0, 0.1) is 0 Å². The van der Waals surface area contributed by atoms with Crippen molar-refractivity contribution in [1.82, 2.24) is 0 Å². The predicted octanol–water partition coefficient (Wildman–Crippen LogP) is 5.65. The molecule has 0 aliphatic heterocycles.